The van der Waals surface area contributed by atoms with Gasteiger partial charge < -0.3 is 24.1 Å². The summed E-state index contributed by atoms with van der Waals surface area (Å²) in [4.78, 5) is 12.4. The van der Waals surface area contributed by atoms with Gasteiger partial charge in [-0.2, -0.15) is 0 Å². The van der Waals surface area contributed by atoms with E-state index in [9.17, 15) is 4.79 Å². The fourth-order valence-corrected chi connectivity index (χ4v) is 3.97. The molecule has 2 heterocycles. The van der Waals surface area contributed by atoms with Gasteiger partial charge in [-0.1, -0.05) is 17.8 Å². The van der Waals surface area contributed by atoms with Crippen LogP contribution in [0.3, 0.4) is 0 Å². The van der Waals surface area contributed by atoms with Gasteiger partial charge in [-0.05, 0) is 36.8 Å². The van der Waals surface area contributed by atoms with E-state index in [2.05, 4.69) is 15.5 Å². The molecule has 3 aromatic rings. The van der Waals surface area contributed by atoms with Gasteiger partial charge in [0, 0.05) is 30.8 Å². The van der Waals surface area contributed by atoms with Crippen LogP contribution in [0, 0.1) is 6.92 Å². The monoisotopic (exact) mass is 440 g/mol. The zero-order valence-electron chi connectivity index (χ0n) is 17.7. The second-order valence-corrected chi connectivity index (χ2v) is 8.04. The van der Waals surface area contributed by atoms with E-state index in [1.165, 1.54) is 11.8 Å². The predicted octanol–water partition coefficient (Wildman–Crippen LogP) is 3.69. The Kier molecular flexibility index (Phi) is 6.31. The Morgan fingerprint density at radius 3 is 2.74 bits per heavy atom. The van der Waals surface area contributed by atoms with E-state index in [0.717, 1.165) is 23.3 Å². The van der Waals surface area contributed by atoms with Crippen LogP contribution in [-0.2, 0) is 11.8 Å². The molecule has 0 atom stereocenters. The van der Waals surface area contributed by atoms with Gasteiger partial charge in [0.05, 0.1) is 26.1 Å². The third kappa shape index (κ3) is 4.77. The Bertz CT molecular complexity index is 1100. The first-order valence-electron chi connectivity index (χ1n) is 9.92. The van der Waals surface area contributed by atoms with Gasteiger partial charge in [-0.3, -0.25) is 4.79 Å². The number of nitrogens with one attached hydrogen (secondary N) is 1. The van der Waals surface area contributed by atoms with Gasteiger partial charge in [-0.15, -0.1) is 10.2 Å². The molecule has 9 heteroatoms. The number of fused-ring (bicyclic) bond motifs is 1. The first kappa shape index (κ1) is 21.0. The SMILES string of the molecule is COc1cccc(NC(=O)CSc2nnc(-c3cc4c(cc3C)OCCCO4)n2C)c1. The zero-order chi connectivity index (χ0) is 21.8. The summed E-state index contributed by atoms with van der Waals surface area (Å²) in [5, 5.41) is 12.1. The molecule has 4 rings (SSSR count). The molecule has 0 radical (unpaired) electrons. The van der Waals surface area contributed by atoms with Crippen molar-refractivity contribution < 1.29 is 19.0 Å². The number of hydrogen-bond donors (Lipinski definition) is 1. The van der Waals surface area contributed by atoms with Crippen molar-refractivity contribution in [3.05, 3.63) is 42.0 Å². The van der Waals surface area contributed by atoms with Crippen LogP contribution in [0.1, 0.15) is 12.0 Å². The topological polar surface area (TPSA) is 87.5 Å². The molecule has 0 fully saturated rings. The fraction of sp³-hybridized carbons (Fsp3) is 0.318. The summed E-state index contributed by atoms with van der Waals surface area (Å²) in [5.74, 6) is 2.95. The molecule has 1 aliphatic heterocycles. The number of carbonyl (C=O) groups excluding carboxylic acids is 1. The van der Waals surface area contributed by atoms with Crippen LogP contribution < -0.4 is 19.5 Å². The number of ether oxygens (including phenoxy) is 3. The van der Waals surface area contributed by atoms with E-state index in [1.54, 1.807) is 13.2 Å². The summed E-state index contributed by atoms with van der Waals surface area (Å²) < 4.78 is 18.6. The van der Waals surface area contributed by atoms with Crippen molar-refractivity contribution in [1.29, 1.82) is 0 Å². The van der Waals surface area contributed by atoms with Crippen LogP contribution in [0.5, 0.6) is 17.2 Å². The molecular weight excluding hydrogens is 416 g/mol. The quantitative estimate of drug-likeness (QED) is 0.585. The normalized spacial score (nSPS) is 12.9. The van der Waals surface area contributed by atoms with Crippen molar-refractivity contribution in [3.63, 3.8) is 0 Å². The molecule has 1 aromatic heterocycles. The summed E-state index contributed by atoms with van der Waals surface area (Å²) in [6.07, 6.45) is 0.853. The smallest absolute Gasteiger partial charge is 0.234 e. The Labute approximate surface area is 184 Å². The molecule has 2 aromatic carbocycles. The average molecular weight is 441 g/mol. The molecule has 0 spiro atoms. The first-order valence-corrected chi connectivity index (χ1v) is 10.9. The van der Waals surface area contributed by atoms with E-state index in [0.29, 0.717) is 41.4 Å². The van der Waals surface area contributed by atoms with Crippen LogP contribution in [0.2, 0.25) is 0 Å². The summed E-state index contributed by atoms with van der Waals surface area (Å²) in [6, 6.07) is 11.2. The van der Waals surface area contributed by atoms with Gasteiger partial charge in [0.25, 0.3) is 0 Å². The van der Waals surface area contributed by atoms with Crippen molar-refractivity contribution >= 4 is 23.4 Å². The second-order valence-electron chi connectivity index (χ2n) is 7.10. The number of methoxy groups -OCH3 is 1. The number of aromatic nitrogens is 3. The van der Waals surface area contributed by atoms with Crippen LogP contribution in [0.25, 0.3) is 11.4 Å². The molecule has 162 valence electrons. The number of aryl methyl sites for hydroxylation is 1. The number of hydrogen-bond acceptors (Lipinski definition) is 7. The maximum absolute atomic E-state index is 12.4. The van der Waals surface area contributed by atoms with E-state index in [4.69, 9.17) is 14.2 Å². The molecule has 1 N–H and O–H groups in total. The van der Waals surface area contributed by atoms with E-state index >= 15 is 0 Å². The van der Waals surface area contributed by atoms with Crippen LogP contribution >= 0.6 is 11.8 Å². The Morgan fingerprint density at radius 2 is 1.97 bits per heavy atom. The average Bonchev–Trinajstić information content (AvgIpc) is 2.97. The maximum Gasteiger partial charge on any atom is 0.234 e. The third-order valence-electron chi connectivity index (χ3n) is 4.86. The second kappa shape index (κ2) is 9.30. The molecule has 0 saturated heterocycles. The standard InChI is InChI=1S/C22H24N4O4S/c1-14-10-18-19(30-9-5-8-29-18)12-17(14)21-24-25-22(26(21)2)31-13-20(27)23-15-6-4-7-16(11-15)28-3/h4,6-7,10-12H,5,8-9,13H2,1-3H3,(H,23,27). The van der Waals surface area contributed by atoms with Gasteiger partial charge >= 0.3 is 0 Å². The molecule has 1 amide bonds. The number of thioether (sulfide) groups is 1. The Balaban J connectivity index is 1.46. The minimum atomic E-state index is -0.130. The number of carbonyl (C=O) groups is 1. The van der Waals surface area contributed by atoms with Gasteiger partial charge in [0.1, 0.15) is 5.75 Å². The molecule has 1 aliphatic rings. The highest BCUT2D eigenvalue weighted by molar-refractivity contribution is 7.99. The molecule has 0 aliphatic carbocycles. The fourth-order valence-electron chi connectivity index (χ4n) is 3.25. The Morgan fingerprint density at radius 1 is 1.19 bits per heavy atom. The minimum Gasteiger partial charge on any atom is -0.497 e. The lowest BCUT2D eigenvalue weighted by Gasteiger charge is -2.12. The highest BCUT2D eigenvalue weighted by Crippen LogP contribution is 2.37. The lowest BCUT2D eigenvalue weighted by molar-refractivity contribution is -0.113. The van der Waals surface area contributed by atoms with Crippen LogP contribution in [0.4, 0.5) is 5.69 Å². The van der Waals surface area contributed by atoms with Gasteiger partial charge in [0.2, 0.25) is 5.91 Å². The Hall–Kier alpha value is -3.20. The number of nitrogens with zero attached hydrogens (tertiary/aromatic N) is 3. The van der Waals surface area contributed by atoms with Crippen molar-refractivity contribution in [2.45, 2.75) is 18.5 Å². The van der Waals surface area contributed by atoms with Crippen LogP contribution in [0.15, 0.2) is 41.6 Å². The van der Waals surface area contributed by atoms with E-state index < -0.39 is 0 Å². The highest BCUT2D eigenvalue weighted by atomic mass is 32.2. The zero-order valence-corrected chi connectivity index (χ0v) is 18.5. The number of benzene rings is 2. The van der Waals surface area contributed by atoms with E-state index in [-0.39, 0.29) is 11.7 Å². The molecule has 0 bridgehead atoms. The van der Waals surface area contributed by atoms with Crippen molar-refractivity contribution in [1.82, 2.24) is 14.8 Å². The predicted molar refractivity (Wildman–Crippen MR) is 119 cm³/mol. The van der Waals surface area contributed by atoms with Crippen molar-refractivity contribution in [3.8, 4) is 28.6 Å². The lowest BCUT2D eigenvalue weighted by Crippen LogP contribution is -2.14. The number of rotatable bonds is 6. The molecule has 0 saturated carbocycles. The summed E-state index contributed by atoms with van der Waals surface area (Å²) in [7, 11) is 3.48. The van der Waals surface area contributed by atoms with Crippen molar-refractivity contribution in [2.75, 3.05) is 31.4 Å². The number of amides is 1. The number of anilines is 1. The summed E-state index contributed by atoms with van der Waals surface area (Å²) >= 11 is 1.33. The largest absolute Gasteiger partial charge is 0.497 e. The molecular formula is C22H24N4O4S. The third-order valence-corrected chi connectivity index (χ3v) is 5.88. The molecule has 8 nitrogen and oxygen atoms in total. The lowest BCUT2D eigenvalue weighted by atomic mass is 10.1. The summed E-state index contributed by atoms with van der Waals surface area (Å²) in [6.45, 7) is 3.28. The minimum absolute atomic E-state index is 0.130. The maximum atomic E-state index is 12.4. The summed E-state index contributed by atoms with van der Waals surface area (Å²) in [5.41, 5.74) is 2.63. The van der Waals surface area contributed by atoms with E-state index in [1.807, 2.05) is 48.9 Å². The van der Waals surface area contributed by atoms with Crippen LogP contribution in [-0.4, -0.2) is 46.7 Å². The van der Waals surface area contributed by atoms with Gasteiger partial charge in [-0.25, -0.2) is 0 Å². The molecule has 31 heavy (non-hydrogen) atoms. The molecule has 0 unspecified atom stereocenters. The van der Waals surface area contributed by atoms with Gasteiger partial charge in [0.15, 0.2) is 22.5 Å². The van der Waals surface area contributed by atoms with Crippen molar-refractivity contribution in [2.24, 2.45) is 7.05 Å². The first-order chi connectivity index (χ1) is 15.0. The highest BCUT2D eigenvalue weighted by Gasteiger charge is 2.19.